The molecule has 1 aliphatic rings. The molecule has 2 aromatic rings. The normalized spacial score (nSPS) is 14.7. The van der Waals surface area contributed by atoms with Crippen molar-refractivity contribution >= 4 is 52.5 Å². The maximum absolute atomic E-state index is 12.4. The van der Waals surface area contributed by atoms with Crippen LogP contribution in [0, 0.1) is 0 Å². The smallest absolute Gasteiger partial charge is 0.343 e. The lowest BCUT2D eigenvalue weighted by Crippen LogP contribution is -2.34. The Bertz CT molecular complexity index is 1080. The second kappa shape index (κ2) is 9.67. The minimum absolute atomic E-state index is 0.132. The summed E-state index contributed by atoms with van der Waals surface area (Å²) in [7, 11) is 2.69. The maximum Gasteiger partial charge on any atom is 0.343 e. The second-order valence-corrected chi connectivity index (χ2v) is 7.55. The van der Waals surface area contributed by atoms with Crippen LogP contribution < -0.4 is 9.47 Å². The number of ether oxygens (including phenoxy) is 3. The van der Waals surface area contributed by atoms with Gasteiger partial charge in [-0.2, -0.15) is 0 Å². The molecule has 10 heteroatoms. The Morgan fingerprint density at radius 2 is 1.81 bits per heavy atom. The molecule has 2 amide bonds. The van der Waals surface area contributed by atoms with Gasteiger partial charge in [-0.1, -0.05) is 17.7 Å². The van der Waals surface area contributed by atoms with E-state index in [1.807, 2.05) is 0 Å². The molecule has 8 nitrogen and oxygen atoms in total. The molecule has 0 saturated carbocycles. The number of hydrogen-bond acceptors (Lipinski definition) is 8. The van der Waals surface area contributed by atoms with Gasteiger partial charge in [0.1, 0.15) is 18.0 Å². The number of thioether (sulfide) groups is 1. The fraction of sp³-hybridized carbons (Fsp3) is 0.143. The van der Waals surface area contributed by atoms with Gasteiger partial charge in [-0.25, -0.2) is 4.79 Å². The standard InChI is InChI=1S/C21H16ClNO7S/c1-28-14-6-4-13(5-7-14)20(26)30-16-8-3-12(9-15(16)22)10-17-19(25)23(21(27)31-17)11-18(24)29-2/h3-10H,11H2,1-2H3/b17-10-. The lowest BCUT2D eigenvalue weighted by Gasteiger charge is -2.10. The number of methoxy groups -OCH3 is 2. The maximum atomic E-state index is 12.4. The first kappa shape index (κ1) is 22.4. The van der Waals surface area contributed by atoms with Crippen molar-refractivity contribution in [3.63, 3.8) is 0 Å². The first-order valence-electron chi connectivity index (χ1n) is 8.80. The Kier molecular flexibility index (Phi) is 6.98. The van der Waals surface area contributed by atoms with Gasteiger partial charge in [0, 0.05) is 0 Å². The minimum Gasteiger partial charge on any atom is -0.497 e. The summed E-state index contributed by atoms with van der Waals surface area (Å²) >= 11 is 6.92. The van der Waals surface area contributed by atoms with Crippen molar-refractivity contribution < 1.29 is 33.4 Å². The molecule has 0 unspecified atom stereocenters. The van der Waals surface area contributed by atoms with Gasteiger partial charge in [0.25, 0.3) is 11.1 Å². The van der Waals surface area contributed by atoms with E-state index in [1.165, 1.54) is 32.4 Å². The Balaban J connectivity index is 1.73. The van der Waals surface area contributed by atoms with Gasteiger partial charge < -0.3 is 14.2 Å². The van der Waals surface area contributed by atoms with Gasteiger partial charge in [-0.05, 0) is 59.8 Å². The third-order valence-corrected chi connectivity index (χ3v) is 5.37. The average molecular weight is 462 g/mol. The zero-order chi connectivity index (χ0) is 22.5. The number of nitrogens with zero attached hydrogens (tertiary/aromatic N) is 1. The number of carbonyl (C=O) groups is 4. The number of hydrogen-bond donors (Lipinski definition) is 0. The number of imide groups is 1. The van der Waals surface area contributed by atoms with Crippen LogP contribution in [0.5, 0.6) is 11.5 Å². The van der Waals surface area contributed by atoms with E-state index in [4.69, 9.17) is 21.1 Å². The van der Waals surface area contributed by atoms with Crippen LogP contribution in [-0.2, 0) is 14.3 Å². The minimum atomic E-state index is -0.699. The van der Waals surface area contributed by atoms with Crippen molar-refractivity contribution in [1.82, 2.24) is 4.90 Å². The van der Waals surface area contributed by atoms with E-state index in [0.29, 0.717) is 28.6 Å². The van der Waals surface area contributed by atoms with Crippen molar-refractivity contribution in [2.24, 2.45) is 0 Å². The van der Waals surface area contributed by atoms with Gasteiger partial charge in [-0.15, -0.1) is 0 Å². The second-order valence-electron chi connectivity index (χ2n) is 6.15. The lowest BCUT2D eigenvalue weighted by molar-refractivity contribution is -0.143. The van der Waals surface area contributed by atoms with Crippen molar-refractivity contribution in [2.45, 2.75) is 0 Å². The summed E-state index contributed by atoms with van der Waals surface area (Å²) in [6.45, 7) is -0.459. The zero-order valence-corrected chi connectivity index (χ0v) is 18.0. The van der Waals surface area contributed by atoms with Crippen LogP contribution in [0.25, 0.3) is 6.08 Å². The van der Waals surface area contributed by atoms with Crippen LogP contribution in [0.15, 0.2) is 47.4 Å². The van der Waals surface area contributed by atoms with Gasteiger partial charge in [-0.3, -0.25) is 19.3 Å². The van der Waals surface area contributed by atoms with Crippen molar-refractivity contribution in [2.75, 3.05) is 20.8 Å². The first-order valence-corrected chi connectivity index (χ1v) is 9.99. The summed E-state index contributed by atoms with van der Waals surface area (Å²) in [5.41, 5.74) is 0.832. The molecule has 160 valence electrons. The van der Waals surface area contributed by atoms with Crippen LogP contribution >= 0.6 is 23.4 Å². The van der Waals surface area contributed by atoms with E-state index < -0.39 is 29.6 Å². The molecule has 1 fully saturated rings. The van der Waals surface area contributed by atoms with Gasteiger partial charge in [0.05, 0.1) is 29.7 Å². The quantitative estimate of drug-likeness (QED) is 0.364. The average Bonchev–Trinajstić information content (AvgIpc) is 3.02. The molecule has 0 bridgehead atoms. The van der Waals surface area contributed by atoms with Crippen LogP contribution in [0.1, 0.15) is 15.9 Å². The molecule has 0 aliphatic carbocycles. The molecule has 1 saturated heterocycles. The molecule has 31 heavy (non-hydrogen) atoms. The number of rotatable bonds is 6. The van der Waals surface area contributed by atoms with Crippen LogP contribution in [0.2, 0.25) is 5.02 Å². The summed E-state index contributed by atoms with van der Waals surface area (Å²) in [5, 5.41) is -0.429. The molecule has 3 rings (SSSR count). The van der Waals surface area contributed by atoms with Crippen LogP contribution in [0.4, 0.5) is 4.79 Å². The number of halogens is 1. The summed E-state index contributed by atoms with van der Waals surface area (Å²) in [6.07, 6.45) is 1.46. The predicted molar refractivity (Wildman–Crippen MR) is 114 cm³/mol. The number of esters is 2. The number of amides is 2. The largest absolute Gasteiger partial charge is 0.497 e. The van der Waals surface area contributed by atoms with E-state index in [2.05, 4.69) is 4.74 Å². The molecule has 0 atom stereocenters. The highest BCUT2D eigenvalue weighted by atomic mass is 35.5. The summed E-state index contributed by atoms with van der Waals surface area (Å²) in [5.74, 6) is -1.16. The van der Waals surface area contributed by atoms with Gasteiger partial charge in [0.2, 0.25) is 0 Å². The van der Waals surface area contributed by atoms with Crippen LogP contribution in [0.3, 0.4) is 0 Å². The van der Waals surface area contributed by atoms with E-state index >= 15 is 0 Å². The Hall–Kier alpha value is -3.30. The molecule has 1 heterocycles. The van der Waals surface area contributed by atoms with Crippen molar-refractivity contribution in [3.05, 3.63) is 63.5 Å². The highest BCUT2D eigenvalue weighted by molar-refractivity contribution is 8.18. The zero-order valence-electron chi connectivity index (χ0n) is 16.4. The molecular formula is C21H16ClNO7S. The summed E-state index contributed by atoms with van der Waals surface area (Å²) in [4.78, 5) is 48.9. The molecule has 0 radical (unpaired) electrons. The van der Waals surface area contributed by atoms with E-state index in [-0.39, 0.29) is 15.7 Å². The molecule has 2 aromatic carbocycles. The predicted octanol–water partition coefficient (Wildman–Crippen LogP) is 3.78. The monoisotopic (exact) mass is 461 g/mol. The Labute approximate surface area is 186 Å². The van der Waals surface area contributed by atoms with E-state index in [0.717, 1.165) is 4.90 Å². The highest BCUT2D eigenvalue weighted by Crippen LogP contribution is 2.34. The SMILES string of the molecule is COC(=O)CN1C(=O)S/C(=C\c2ccc(OC(=O)c3ccc(OC)cc3)c(Cl)c2)C1=O. The Morgan fingerprint density at radius 1 is 1.10 bits per heavy atom. The Morgan fingerprint density at radius 3 is 2.42 bits per heavy atom. The van der Waals surface area contributed by atoms with Gasteiger partial charge in [0.15, 0.2) is 0 Å². The van der Waals surface area contributed by atoms with Crippen LogP contribution in [-0.4, -0.2) is 48.7 Å². The molecule has 0 aromatic heterocycles. The number of benzene rings is 2. The fourth-order valence-electron chi connectivity index (χ4n) is 2.56. The molecule has 1 aliphatic heterocycles. The lowest BCUT2D eigenvalue weighted by atomic mass is 10.2. The topological polar surface area (TPSA) is 99.2 Å². The van der Waals surface area contributed by atoms with E-state index in [9.17, 15) is 19.2 Å². The highest BCUT2D eigenvalue weighted by Gasteiger charge is 2.36. The third kappa shape index (κ3) is 5.25. The molecule has 0 spiro atoms. The first-order chi connectivity index (χ1) is 14.8. The van der Waals surface area contributed by atoms with Crippen molar-refractivity contribution in [3.8, 4) is 11.5 Å². The molecular weight excluding hydrogens is 446 g/mol. The van der Waals surface area contributed by atoms with E-state index in [1.54, 1.807) is 30.3 Å². The van der Waals surface area contributed by atoms with Gasteiger partial charge >= 0.3 is 11.9 Å². The van der Waals surface area contributed by atoms with Crippen molar-refractivity contribution in [1.29, 1.82) is 0 Å². The third-order valence-electron chi connectivity index (χ3n) is 4.17. The summed E-state index contributed by atoms with van der Waals surface area (Å²) < 4.78 is 14.9. The summed E-state index contributed by atoms with van der Waals surface area (Å²) in [6, 6.07) is 10.9. The fourth-order valence-corrected chi connectivity index (χ4v) is 3.62. The molecule has 0 N–H and O–H groups in total. The number of carbonyl (C=O) groups excluding carboxylic acids is 4.